The monoisotopic (exact) mass is 533 g/mol. The van der Waals surface area contributed by atoms with Crippen LogP contribution in [0, 0.1) is 0 Å². The number of anilines is 2. The molecule has 0 fully saturated rings. The van der Waals surface area contributed by atoms with E-state index in [9.17, 15) is 13.2 Å². The SMILES string of the molecule is CC/C=C1/c2cccc(CC)c2-n2nc3c(c2C1(C)c1cc[nH]c1N)CN(c1ncc(C(F)(F)F)cn1)CC3. The lowest BCUT2D eigenvalue weighted by Crippen LogP contribution is -2.37. The normalized spacial score (nSPS) is 19.6. The van der Waals surface area contributed by atoms with Crippen molar-refractivity contribution in [3.8, 4) is 5.69 Å². The molecule has 1 atom stereocenters. The number of nitrogens with one attached hydrogen (secondary N) is 1. The number of allylic oxidation sites excluding steroid dienone is 2. The quantitative estimate of drug-likeness (QED) is 0.345. The fourth-order valence-corrected chi connectivity index (χ4v) is 6.20. The van der Waals surface area contributed by atoms with Crippen LogP contribution < -0.4 is 10.6 Å². The zero-order valence-electron chi connectivity index (χ0n) is 22.1. The number of nitrogen functional groups attached to an aromatic ring is 1. The van der Waals surface area contributed by atoms with Gasteiger partial charge >= 0.3 is 6.18 Å². The van der Waals surface area contributed by atoms with Gasteiger partial charge in [0.2, 0.25) is 5.95 Å². The van der Waals surface area contributed by atoms with E-state index >= 15 is 0 Å². The predicted molar refractivity (Wildman–Crippen MR) is 145 cm³/mol. The number of nitrogens with two attached hydrogens (primary N) is 1. The van der Waals surface area contributed by atoms with Gasteiger partial charge in [-0.05, 0) is 37.0 Å². The highest BCUT2D eigenvalue weighted by Crippen LogP contribution is 2.53. The molecule has 0 saturated heterocycles. The molecule has 1 aromatic carbocycles. The Hall–Kier alpha value is -4.08. The van der Waals surface area contributed by atoms with E-state index in [1.165, 1.54) is 11.1 Å². The zero-order valence-corrected chi connectivity index (χ0v) is 22.1. The molecule has 0 bridgehead atoms. The molecule has 10 heteroatoms. The molecule has 4 aromatic rings. The highest BCUT2D eigenvalue weighted by molar-refractivity contribution is 5.88. The third kappa shape index (κ3) is 3.76. The standard InChI is InChI=1S/C29H30F3N7/c1-4-7-21-19-9-6-8-17(5-2)24(19)39-25(28(21,3)22-10-12-34-26(22)33)20-16-38(13-11-23(20)37-39)27-35-14-18(15-36-27)29(30,31)32/h6-10,12,14-15,34H,4-5,11,13,16,33H2,1-3H3/b21-7-. The zero-order chi connectivity index (χ0) is 27.5. The van der Waals surface area contributed by atoms with E-state index in [1.54, 1.807) is 0 Å². The highest BCUT2D eigenvalue weighted by Gasteiger charge is 2.47. The number of aromatic amines is 1. The third-order valence-corrected chi connectivity index (χ3v) is 8.02. The van der Waals surface area contributed by atoms with E-state index in [0.29, 0.717) is 25.3 Å². The van der Waals surface area contributed by atoms with Crippen LogP contribution in [0.25, 0.3) is 11.3 Å². The van der Waals surface area contributed by atoms with Gasteiger partial charge < -0.3 is 15.6 Å². The molecule has 1 unspecified atom stereocenters. The largest absolute Gasteiger partial charge is 0.419 e. The Labute approximate surface area is 224 Å². The lowest BCUT2D eigenvalue weighted by atomic mass is 9.67. The van der Waals surface area contributed by atoms with Gasteiger partial charge in [-0.15, -0.1) is 0 Å². The first-order valence-corrected chi connectivity index (χ1v) is 13.2. The van der Waals surface area contributed by atoms with Crippen LogP contribution in [0.3, 0.4) is 0 Å². The Morgan fingerprint density at radius 2 is 1.92 bits per heavy atom. The molecule has 0 aliphatic carbocycles. The molecule has 2 aliphatic rings. The fourth-order valence-electron chi connectivity index (χ4n) is 6.20. The fraction of sp³-hybridized carbons (Fsp3) is 0.345. The number of aryl methyl sites for hydroxylation is 1. The molecule has 0 amide bonds. The number of nitrogens with zero attached hydrogens (tertiary/aromatic N) is 5. The van der Waals surface area contributed by atoms with E-state index in [-0.39, 0.29) is 5.95 Å². The van der Waals surface area contributed by atoms with E-state index < -0.39 is 17.2 Å². The van der Waals surface area contributed by atoms with Gasteiger partial charge in [-0.25, -0.2) is 14.6 Å². The van der Waals surface area contributed by atoms with Crippen LogP contribution in [0.15, 0.2) is 48.9 Å². The smallest absolute Gasteiger partial charge is 0.385 e. The van der Waals surface area contributed by atoms with Crippen LogP contribution in [-0.4, -0.2) is 31.3 Å². The van der Waals surface area contributed by atoms with Gasteiger partial charge in [0.05, 0.1) is 28.1 Å². The number of para-hydroxylation sites is 1. The number of H-pyrrole nitrogens is 1. The predicted octanol–water partition coefficient (Wildman–Crippen LogP) is 5.83. The Kier molecular flexibility index (Phi) is 5.82. The second-order valence-electron chi connectivity index (χ2n) is 10.2. The van der Waals surface area contributed by atoms with E-state index in [0.717, 1.165) is 59.0 Å². The van der Waals surface area contributed by atoms with Crippen molar-refractivity contribution in [3.05, 3.63) is 88.1 Å². The number of fused-ring (bicyclic) bond motifs is 5. The Morgan fingerprint density at radius 3 is 2.56 bits per heavy atom. The summed E-state index contributed by atoms with van der Waals surface area (Å²) in [6.07, 6.45) is 3.65. The molecule has 39 heavy (non-hydrogen) atoms. The van der Waals surface area contributed by atoms with Gasteiger partial charge in [-0.3, -0.25) is 0 Å². The molecular weight excluding hydrogens is 503 g/mol. The molecule has 202 valence electrons. The molecule has 0 spiro atoms. The summed E-state index contributed by atoms with van der Waals surface area (Å²) in [4.78, 5) is 13.2. The second kappa shape index (κ2) is 9.00. The van der Waals surface area contributed by atoms with Gasteiger partial charge in [-0.2, -0.15) is 18.3 Å². The lowest BCUT2D eigenvalue weighted by Gasteiger charge is -2.40. The van der Waals surface area contributed by atoms with Gasteiger partial charge in [0, 0.05) is 54.8 Å². The van der Waals surface area contributed by atoms with Crippen LogP contribution in [0.5, 0.6) is 0 Å². The number of aromatic nitrogens is 5. The maximum Gasteiger partial charge on any atom is 0.419 e. The van der Waals surface area contributed by atoms with Crippen molar-refractivity contribution >= 4 is 17.3 Å². The van der Waals surface area contributed by atoms with Crippen LogP contribution in [-0.2, 0) is 31.0 Å². The number of benzene rings is 1. The van der Waals surface area contributed by atoms with Gasteiger partial charge in [0.25, 0.3) is 0 Å². The van der Waals surface area contributed by atoms with Gasteiger partial charge in [0.15, 0.2) is 0 Å². The van der Waals surface area contributed by atoms with Crippen LogP contribution >= 0.6 is 0 Å². The molecule has 3 N–H and O–H groups in total. The summed E-state index contributed by atoms with van der Waals surface area (Å²) < 4.78 is 41.4. The lowest BCUT2D eigenvalue weighted by molar-refractivity contribution is -0.138. The Bertz CT molecular complexity index is 1580. The average Bonchev–Trinajstić information content (AvgIpc) is 3.54. The van der Waals surface area contributed by atoms with Crippen molar-refractivity contribution < 1.29 is 13.2 Å². The summed E-state index contributed by atoms with van der Waals surface area (Å²) in [6, 6.07) is 8.42. The van der Waals surface area contributed by atoms with E-state index in [1.807, 2.05) is 17.2 Å². The van der Waals surface area contributed by atoms with Crippen molar-refractivity contribution in [1.82, 2.24) is 24.7 Å². The summed E-state index contributed by atoms with van der Waals surface area (Å²) in [5.41, 5.74) is 13.6. The summed E-state index contributed by atoms with van der Waals surface area (Å²) in [7, 11) is 0. The average molecular weight is 534 g/mol. The van der Waals surface area contributed by atoms with E-state index in [4.69, 9.17) is 10.8 Å². The molecule has 0 saturated carbocycles. The Morgan fingerprint density at radius 1 is 1.15 bits per heavy atom. The summed E-state index contributed by atoms with van der Waals surface area (Å²) in [5.74, 6) is 0.862. The molecular formula is C29H30F3N7. The first-order valence-electron chi connectivity index (χ1n) is 13.2. The third-order valence-electron chi connectivity index (χ3n) is 8.02. The molecule has 7 nitrogen and oxygen atoms in total. The summed E-state index contributed by atoms with van der Waals surface area (Å²) >= 11 is 0. The highest BCUT2D eigenvalue weighted by atomic mass is 19.4. The number of hydrogen-bond donors (Lipinski definition) is 2. The van der Waals surface area contributed by atoms with Gasteiger partial charge in [0.1, 0.15) is 5.82 Å². The summed E-state index contributed by atoms with van der Waals surface area (Å²) in [6.45, 7) is 7.44. The molecule has 2 aliphatic heterocycles. The van der Waals surface area contributed by atoms with Crippen LogP contribution in [0.2, 0.25) is 0 Å². The maximum atomic E-state index is 13.1. The van der Waals surface area contributed by atoms with Crippen molar-refractivity contribution in [2.24, 2.45) is 0 Å². The Balaban J connectivity index is 1.57. The van der Waals surface area contributed by atoms with Crippen molar-refractivity contribution in [2.75, 3.05) is 17.2 Å². The van der Waals surface area contributed by atoms with Crippen LogP contribution in [0.4, 0.5) is 24.9 Å². The van der Waals surface area contributed by atoms with Gasteiger partial charge in [-0.1, -0.05) is 38.1 Å². The number of alkyl halides is 3. The first kappa shape index (κ1) is 25.2. The topological polar surface area (TPSA) is 88.6 Å². The molecule has 3 aromatic heterocycles. The number of hydrogen-bond acceptors (Lipinski definition) is 5. The minimum absolute atomic E-state index is 0.270. The first-order chi connectivity index (χ1) is 18.7. The number of rotatable bonds is 4. The van der Waals surface area contributed by atoms with Crippen LogP contribution in [0.1, 0.15) is 66.4 Å². The minimum Gasteiger partial charge on any atom is -0.385 e. The van der Waals surface area contributed by atoms with Crippen molar-refractivity contribution in [3.63, 3.8) is 0 Å². The summed E-state index contributed by atoms with van der Waals surface area (Å²) in [5, 5.41) is 5.17. The second-order valence-corrected chi connectivity index (χ2v) is 10.2. The van der Waals surface area contributed by atoms with Crippen molar-refractivity contribution in [2.45, 2.75) is 58.2 Å². The molecule has 0 radical (unpaired) electrons. The van der Waals surface area contributed by atoms with Crippen molar-refractivity contribution in [1.29, 1.82) is 0 Å². The molecule has 5 heterocycles. The van der Waals surface area contributed by atoms with E-state index in [2.05, 4.69) is 64.7 Å². The maximum absolute atomic E-state index is 13.1. The number of halogens is 3. The minimum atomic E-state index is -4.48. The molecule has 6 rings (SSSR count).